The molecule has 0 radical (unpaired) electrons. The lowest BCUT2D eigenvalue weighted by Crippen LogP contribution is -2.39. The number of hydrogen-bond donors (Lipinski definition) is 0. The van der Waals surface area contributed by atoms with Gasteiger partial charge in [-0.2, -0.15) is 4.99 Å². The zero-order chi connectivity index (χ0) is 19.8. The number of rotatable bonds is 5. The number of aryl methyl sites for hydroxylation is 2. The van der Waals surface area contributed by atoms with Gasteiger partial charge in [0.15, 0.2) is 15.0 Å². The van der Waals surface area contributed by atoms with Gasteiger partial charge in [0.05, 0.1) is 17.5 Å². The van der Waals surface area contributed by atoms with E-state index < -0.39 is 9.84 Å². The molecule has 148 valence electrons. The molecule has 1 amide bonds. The molecule has 3 rings (SSSR count). The molecule has 2 atom stereocenters. The second kappa shape index (κ2) is 7.95. The third-order valence-corrected chi connectivity index (χ3v) is 8.29. The highest BCUT2D eigenvalue weighted by atomic mass is 32.2. The highest BCUT2D eigenvalue weighted by Gasteiger charge is 2.50. The number of benzene rings is 1. The van der Waals surface area contributed by atoms with Crippen molar-refractivity contribution in [2.75, 3.05) is 16.4 Å². The molecule has 2 saturated heterocycles. The largest absolute Gasteiger partial charge is 0.315 e. The van der Waals surface area contributed by atoms with Crippen molar-refractivity contribution in [3.8, 4) is 0 Å². The van der Waals surface area contributed by atoms with E-state index in [9.17, 15) is 13.2 Å². The minimum atomic E-state index is -3.06. The van der Waals surface area contributed by atoms with Crippen LogP contribution in [0.1, 0.15) is 45.2 Å². The summed E-state index contributed by atoms with van der Waals surface area (Å²) in [6.07, 6.45) is 2.10. The molecular formula is C20H28N2O3S2. The van der Waals surface area contributed by atoms with Crippen LogP contribution in [-0.4, -0.2) is 42.3 Å². The van der Waals surface area contributed by atoms with Gasteiger partial charge in [-0.05, 0) is 29.9 Å². The Morgan fingerprint density at radius 3 is 2.41 bits per heavy atom. The smallest absolute Gasteiger partial charge is 0.248 e. The van der Waals surface area contributed by atoms with Gasteiger partial charge < -0.3 is 4.90 Å². The van der Waals surface area contributed by atoms with Crippen molar-refractivity contribution in [1.82, 2.24) is 0 Å². The molecule has 7 heteroatoms. The Bertz CT molecular complexity index is 840. The van der Waals surface area contributed by atoms with Crippen molar-refractivity contribution in [2.45, 2.75) is 58.2 Å². The van der Waals surface area contributed by atoms with E-state index in [-0.39, 0.29) is 34.6 Å². The number of aliphatic imine (C=N–C) groups is 1. The standard InChI is InChI=1S/C20H28N2O3S2/c1-5-14-8-7-9-15(6-2)19(14)22-16-11-27(24,25)12-17(16)26-20(22)21-18(23)10-13(3)4/h7-9,13,16-17H,5-6,10-12H2,1-4H3/t16-,17-/m0/s1. The Morgan fingerprint density at radius 1 is 1.22 bits per heavy atom. The fourth-order valence-electron chi connectivity index (χ4n) is 3.85. The number of thioether (sulfide) groups is 1. The first-order chi connectivity index (χ1) is 12.8. The molecule has 0 N–H and O–H groups in total. The summed E-state index contributed by atoms with van der Waals surface area (Å²) >= 11 is 1.46. The summed E-state index contributed by atoms with van der Waals surface area (Å²) < 4.78 is 24.5. The van der Waals surface area contributed by atoms with Crippen LogP contribution < -0.4 is 4.90 Å². The minimum Gasteiger partial charge on any atom is -0.315 e. The topological polar surface area (TPSA) is 66.8 Å². The fourth-order valence-corrected chi connectivity index (χ4v) is 7.77. The summed E-state index contributed by atoms with van der Waals surface area (Å²) in [5.41, 5.74) is 3.39. The Balaban J connectivity index is 2.09. The first-order valence-corrected chi connectivity index (χ1v) is 12.3. The van der Waals surface area contributed by atoms with Gasteiger partial charge in [-0.25, -0.2) is 8.42 Å². The summed E-state index contributed by atoms with van der Waals surface area (Å²) in [6, 6.07) is 6.07. The summed E-state index contributed by atoms with van der Waals surface area (Å²) in [7, 11) is -3.06. The van der Waals surface area contributed by atoms with Crippen molar-refractivity contribution in [3.63, 3.8) is 0 Å². The lowest BCUT2D eigenvalue weighted by Gasteiger charge is -2.29. The number of para-hydroxylation sites is 1. The van der Waals surface area contributed by atoms with E-state index in [2.05, 4.69) is 35.9 Å². The van der Waals surface area contributed by atoms with Gasteiger partial charge in [-0.3, -0.25) is 4.79 Å². The van der Waals surface area contributed by atoms with Crippen LogP contribution in [0, 0.1) is 5.92 Å². The summed E-state index contributed by atoms with van der Waals surface area (Å²) in [5.74, 6) is 0.401. The van der Waals surface area contributed by atoms with Crippen LogP contribution in [0.25, 0.3) is 0 Å². The van der Waals surface area contributed by atoms with Crippen LogP contribution in [-0.2, 0) is 27.5 Å². The molecule has 2 aliphatic rings. The number of amides is 1. The maximum absolute atomic E-state index is 12.4. The second-order valence-corrected chi connectivity index (χ2v) is 11.0. The summed E-state index contributed by atoms with van der Waals surface area (Å²) in [6.45, 7) is 8.21. The normalized spacial score (nSPS) is 25.4. The molecule has 0 aromatic heterocycles. The first-order valence-electron chi connectivity index (χ1n) is 9.64. The van der Waals surface area contributed by atoms with Crippen molar-refractivity contribution in [3.05, 3.63) is 29.3 Å². The zero-order valence-electron chi connectivity index (χ0n) is 16.4. The molecule has 2 heterocycles. The third-order valence-electron chi connectivity index (χ3n) is 5.08. The van der Waals surface area contributed by atoms with E-state index in [1.54, 1.807) is 0 Å². The molecule has 2 fully saturated rings. The lowest BCUT2D eigenvalue weighted by atomic mass is 10.0. The van der Waals surface area contributed by atoms with Gasteiger partial charge in [0.1, 0.15) is 0 Å². The quantitative estimate of drug-likeness (QED) is 0.746. The van der Waals surface area contributed by atoms with Gasteiger partial charge in [0.2, 0.25) is 5.91 Å². The van der Waals surface area contributed by atoms with Crippen molar-refractivity contribution >= 4 is 38.4 Å². The Kier molecular flexibility index (Phi) is 6.01. The van der Waals surface area contributed by atoms with Crippen LogP contribution in [0.15, 0.2) is 23.2 Å². The Labute approximate surface area is 166 Å². The van der Waals surface area contributed by atoms with Gasteiger partial charge >= 0.3 is 0 Å². The summed E-state index contributed by atoms with van der Waals surface area (Å²) in [5, 5.41) is 0.608. The lowest BCUT2D eigenvalue weighted by molar-refractivity contribution is -0.118. The number of anilines is 1. The van der Waals surface area contributed by atoms with Crippen molar-refractivity contribution < 1.29 is 13.2 Å². The molecule has 0 bridgehead atoms. The molecule has 1 aromatic carbocycles. The predicted octanol–water partition coefficient (Wildman–Crippen LogP) is 3.46. The Hall–Kier alpha value is -1.34. The van der Waals surface area contributed by atoms with Gasteiger partial charge in [-0.15, -0.1) is 0 Å². The molecule has 27 heavy (non-hydrogen) atoms. The third kappa shape index (κ3) is 4.24. The Morgan fingerprint density at radius 2 is 1.85 bits per heavy atom. The van der Waals surface area contributed by atoms with E-state index >= 15 is 0 Å². The molecular weight excluding hydrogens is 380 g/mol. The number of sulfone groups is 1. The number of nitrogens with zero attached hydrogens (tertiary/aromatic N) is 2. The van der Waals surface area contributed by atoms with Gasteiger partial charge in [0, 0.05) is 17.4 Å². The minimum absolute atomic E-state index is 0.0600. The average Bonchev–Trinajstić information content (AvgIpc) is 3.04. The average molecular weight is 409 g/mol. The molecule has 1 aromatic rings. The molecule has 0 aliphatic carbocycles. The predicted molar refractivity (Wildman–Crippen MR) is 113 cm³/mol. The van der Waals surface area contributed by atoms with Crippen LogP contribution in [0.2, 0.25) is 0 Å². The maximum atomic E-state index is 12.4. The number of fused-ring (bicyclic) bond motifs is 1. The summed E-state index contributed by atoms with van der Waals surface area (Å²) in [4.78, 5) is 18.9. The first kappa shape index (κ1) is 20.4. The van der Waals surface area contributed by atoms with E-state index in [1.165, 1.54) is 22.9 Å². The SMILES string of the molecule is CCc1cccc(CC)c1N1C(=NC(=O)CC(C)C)S[C@H]2CS(=O)(=O)C[C@@H]21. The highest BCUT2D eigenvalue weighted by molar-refractivity contribution is 8.16. The highest BCUT2D eigenvalue weighted by Crippen LogP contribution is 2.43. The number of hydrogen-bond acceptors (Lipinski definition) is 4. The second-order valence-electron chi connectivity index (χ2n) is 7.69. The van der Waals surface area contributed by atoms with Gasteiger partial charge in [0.25, 0.3) is 0 Å². The number of carbonyl (C=O) groups is 1. The number of amidine groups is 1. The number of carbonyl (C=O) groups excluding carboxylic acids is 1. The molecule has 2 aliphatic heterocycles. The van der Waals surface area contributed by atoms with E-state index in [4.69, 9.17) is 0 Å². The monoisotopic (exact) mass is 408 g/mol. The molecule has 0 saturated carbocycles. The molecule has 0 spiro atoms. The van der Waals surface area contributed by atoms with Crippen molar-refractivity contribution in [2.24, 2.45) is 10.9 Å². The van der Waals surface area contributed by atoms with Crippen LogP contribution in [0.3, 0.4) is 0 Å². The fraction of sp³-hybridized carbons (Fsp3) is 0.600. The van der Waals surface area contributed by atoms with Crippen LogP contribution >= 0.6 is 11.8 Å². The van der Waals surface area contributed by atoms with Crippen molar-refractivity contribution in [1.29, 1.82) is 0 Å². The maximum Gasteiger partial charge on any atom is 0.248 e. The zero-order valence-corrected chi connectivity index (χ0v) is 18.1. The van der Waals surface area contributed by atoms with E-state index in [0.717, 1.165) is 18.5 Å². The van der Waals surface area contributed by atoms with E-state index in [1.807, 2.05) is 19.9 Å². The van der Waals surface area contributed by atoms with Gasteiger partial charge in [-0.1, -0.05) is 57.7 Å². The van der Waals surface area contributed by atoms with E-state index in [0.29, 0.717) is 11.6 Å². The molecule has 0 unspecified atom stereocenters. The van der Waals surface area contributed by atoms with Crippen LogP contribution in [0.5, 0.6) is 0 Å². The van der Waals surface area contributed by atoms with Crippen LogP contribution in [0.4, 0.5) is 5.69 Å². The molecule has 5 nitrogen and oxygen atoms in total.